The minimum absolute atomic E-state index is 0. The molecule has 4 aromatic rings. The number of ketones is 1. The van der Waals surface area contributed by atoms with E-state index in [1.54, 1.807) is 35.7 Å². The monoisotopic (exact) mass is 998 g/mol. The Morgan fingerprint density at radius 1 is 0.865 bits per heavy atom. The highest BCUT2D eigenvalue weighted by atomic mass is 79.9. The maximum absolute atomic E-state index is 12.6. The average molecular weight is 1000 g/mol. The van der Waals surface area contributed by atoms with Crippen molar-refractivity contribution in [2.45, 2.75) is 5.72 Å². The van der Waals surface area contributed by atoms with Gasteiger partial charge in [-0.2, -0.15) is 0 Å². The van der Waals surface area contributed by atoms with Gasteiger partial charge in [-0.15, -0.1) is 17.0 Å². The van der Waals surface area contributed by atoms with Crippen LogP contribution < -0.4 is 26.8 Å². The van der Waals surface area contributed by atoms with Crippen LogP contribution in [0.3, 0.4) is 0 Å². The third kappa shape index (κ3) is 9.32. The summed E-state index contributed by atoms with van der Waals surface area (Å²) < 4.78 is 3.95. The van der Waals surface area contributed by atoms with Crippen LogP contribution in [0.5, 0.6) is 0 Å². The molecule has 0 amide bonds. The Morgan fingerprint density at radius 2 is 1.42 bits per heavy atom. The fourth-order valence-corrected chi connectivity index (χ4v) is 8.23. The summed E-state index contributed by atoms with van der Waals surface area (Å²) in [7, 11) is 0. The zero-order valence-electron chi connectivity index (χ0n) is 27.0. The van der Waals surface area contributed by atoms with Gasteiger partial charge in [0.2, 0.25) is 0 Å². The average Bonchev–Trinajstić information content (AvgIpc) is 3.89. The first-order valence-corrected chi connectivity index (χ1v) is 18.8. The van der Waals surface area contributed by atoms with Crippen LogP contribution in [0.4, 0.5) is 22.7 Å². The Labute approximate surface area is 345 Å². The van der Waals surface area contributed by atoms with E-state index in [9.17, 15) is 30.1 Å². The minimum atomic E-state index is -1.19. The topological polar surface area (TPSA) is 145 Å². The van der Waals surface area contributed by atoms with Gasteiger partial charge in [-0.1, -0.05) is 43.6 Å². The molecule has 0 saturated carbocycles. The predicted octanol–water partition coefficient (Wildman–Crippen LogP) is 4.87. The number of aliphatic hydroxyl groups is 1. The minimum Gasteiger partial charge on any atom is -1.00 e. The highest BCUT2D eigenvalue weighted by molar-refractivity contribution is 9.10. The zero-order valence-corrected chi connectivity index (χ0v) is 35.1. The second kappa shape index (κ2) is 18.3. The first kappa shape index (κ1) is 41.6. The van der Waals surface area contributed by atoms with E-state index in [1.807, 2.05) is 58.0 Å². The summed E-state index contributed by atoms with van der Waals surface area (Å²) in [5.74, 6) is 1.68. The molecule has 52 heavy (non-hydrogen) atoms. The molecule has 4 aromatic carbocycles. The van der Waals surface area contributed by atoms with Crippen LogP contribution in [0.25, 0.3) is 0 Å². The summed E-state index contributed by atoms with van der Waals surface area (Å²) in [6.45, 7) is 1.99. The summed E-state index contributed by atoms with van der Waals surface area (Å²) in [5.41, 5.74) is 1.80. The van der Waals surface area contributed by atoms with Gasteiger partial charge in [-0.25, -0.2) is 9.48 Å². The number of non-ortho nitro benzene ring substituents is 2. The Morgan fingerprint density at radius 3 is 1.96 bits per heavy atom. The number of hydrogen-bond acceptors (Lipinski definition) is 11. The number of halogens is 4. The zero-order chi connectivity index (χ0) is 35.4. The van der Waals surface area contributed by atoms with Gasteiger partial charge in [-0.05, 0) is 84.6 Å². The molecule has 0 bridgehead atoms. The Balaban J connectivity index is 0.000000224. The van der Waals surface area contributed by atoms with Crippen molar-refractivity contribution in [2.24, 2.45) is 4.99 Å². The molecule has 1 N–H and O–H groups in total. The molecule has 0 aliphatic carbocycles. The van der Waals surface area contributed by atoms with Crippen molar-refractivity contribution in [3.8, 4) is 0 Å². The van der Waals surface area contributed by atoms with Crippen molar-refractivity contribution < 1.29 is 41.3 Å². The first-order valence-electron chi connectivity index (χ1n) is 15.3. The van der Waals surface area contributed by atoms with E-state index in [0.717, 1.165) is 55.3 Å². The van der Waals surface area contributed by atoms with Crippen LogP contribution in [-0.2, 0) is 5.72 Å². The number of nitrogens with zero attached hydrogens (tertiary/aromatic N) is 6. The molecular formula is C34H30Br4N6O6S2. The molecule has 0 saturated heterocycles. The first-order chi connectivity index (χ1) is 24.0. The Bertz CT molecular complexity index is 1990. The maximum atomic E-state index is 12.6. The molecule has 1 unspecified atom stereocenters. The summed E-state index contributed by atoms with van der Waals surface area (Å²) in [6, 6.07) is 27.5. The fraction of sp³-hybridized carbons (Fsp3) is 0.206. The summed E-state index contributed by atoms with van der Waals surface area (Å²) in [6.07, 6.45) is 0. The largest absolute Gasteiger partial charge is 1.00 e. The number of benzene rings is 4. The van der Waals surface area contributed by atoms with Gasteiger partial charge in [0.25, 0.3) is 17.1 Å². The van der Waals surface area contributed by atoms with Crippen LogP contribution in [-0.4, -0.2) is 73.3 Å². The molecule has 1 atom stereocenters. The third-order valence-electron chi connectivity index (χ3n) is 8.15. The summed E-state index contributed by atoms with van der Waals surface area (Å²) in [4.78, 5) is 41.8. The molecule has 3 aliphatic heterocycles. The van der Waals surface area contributed by atoms with Crippen molar-refractivity contribution in [3.63, 3.8) is 0 Å². The molecule has 3 heterocycles. The number of anilines is 2. The number of carbonyl (C=O) groups excluding carboxylic acids is 1. The second-order valence-corrected chi connectivity index (χ2v) is 15.2. The molecule has 0 radical (unpaired) electrons. The number of carbonyl (C=O) groups is 1. The van der Waals surface area contributed by atoms with Crippen molar-refractivity contribution in [1.29, 1.82) is 0 Å². The lowest BCUT2D eigenvalue weighted by molar-refractivity contribution is -0.650. The SMILES string of the molecule is Br.O=C(CN(C1=NCCS1)c1ccc(Br)cc1)c1ccc([N+](=O)[O-])cc1.O=[N+]([O-])c1ccc(C2(O)CN(c3ccc(Br)cc3)C3=[N+]2CCS3)cc1.[Br-]. The third-order valence-corrected chi connectivity index (χ3v) is 11.3. The van der Waals surface area contributed by atoms with Gasteiger partial charge >= 0.3 is 5.17 Å². The van der Waals surface area contributed by atoms with E-state index in [0.29, 0.717) is 17.7 Å². The number of nitro groups is 2. The van der Waals surface area contributed by atoms with Crippen molar-refractivity contribution in [2.75, 3.05) is 47.5 Å². The normalized spacial score (nSPS) is 17.2. The van der Waals surface area contributed by atoms with Gasteiger partial charge in [-0.3, -0.25) is 30.0 Å². The fourth-order valence-electron chi connectivity index (χ4n) is 5.64. The number of Topliss-reactive ketones (excluding diaryl/α,β-unsaturated/α-hetero) is 1. The molecule has 18 heteroatoms. The smallest absolute Gasteiger partial charge is 0.316 e. The predicted molar refractivity (Wildman–Crippen MR) is 215 cm³/mol. The maximum Gasteiger partial charge on any atom is 0.316 e. The van der Waals surface area contributed by atoms with E-state index in [-0.39, 0.29) is 57.7 Å². The van der Waals surface area contributed by atoms with E-state index < -0.39 is 15.6 Å². The van der Waals surface area contributed by atoms with Crippen LogP contribution >= 0.6 is 72.4 Å². The number of nitro benzene ring substituents is 2. The molecule has 272 valence electrons. The summed E-state index contributed by atoms with van der Waals surface area (Å²) in [5, 5.41) is 34.9. The van der Waals surface area contributed by atoms with Crippen LogP contribution in [0, 0.1) is 20.2 Å². The van der Waals surface area contributed by atoms with Crippen LogP contribution in [0.15, 0.2) is 111 Å². The lowest BCUT2D eigenvalue weighted by Gasteiger charge is -2.23. The quantitative estimate of drug-likeness (QED) is 0.112. The number of rotatable bonds is 8. The number of aliphatic imine (C=N–C) groups is 1. The van der Waals surface area contributed by atoms with Gasteiger partial charge < -0.3 is 27.0 Å². The molecule has 12 nitrogen and oxygen atoms in total. The Kier molecular flexibility index (Phi) is 14.6. The van der Waals surface area contributed by atoms with E-state index in [2.05, 4.69) is 41.8 Å². The van der Waals surface area contributed by atoms with E-state index in [4.69, 9.17) is 0 Å². The van der Waals surface area contributed by atoms with Crippen molar-refractivity contribution in [3.05, 3.63) is 137 Å². The number of thioether (sulfide) groups is 2. The number of hydrogen-bond donors (Lipinski definition) is 1. The van der Waals surface area contributed by atoms with Crippen molar-refractivity contribution in [1.82, 2.24) is 0 Å². The van der Waals surface area contributed by atoms with E-state index in [1.165, 1.54) is 36.4 Å². The lowest BCUT2D eigenvalue weighted by atomic mass is 10.0. The van der Waals surface area contributed by atoms with Gasteiger partial charge in [0, 0.05) is 61.5 Å². The Hall–Kier alpha value is -3.13. The molecule has 0 spiro atoms. The van der Waals surface area contributed by atoms with Crippen LogP contribution in [0.1, 0.15) is 15.9 Å². The highest BCUT2D eigenvalue weighted by Gasteiger charge is 2.54. The molecule has 7 rings (SSSR count). The van der Waals surface area contributed by atoms with E-state index >= 15 is 0 Å². The summed E-state index contributed by atoms with van der Waals surface area (Å²) >= 11 is 10.2. The van der Waals surface area contributed by atoms with Gasteiger partial charge in [0.1, 0.15) is 5.69 Å². The van der Waals surface area contributed by atoms with Crippen molar-refractivity contribution >= 4 is 111 Å². The molecule has 3 aliphatic rings. The van der Waals surface area contributed by atoms with Gasteiger partial charge in [0.05, 0.1) is 29.5 Å². The lowest BCUT2D eigenvalue weighted by Crippen LogP contribution is -3.00. The highest BCUT2D eigenvalue weighted by Crippen LogP contribution is 2.39. The molecule has 0 fully saturated rings. The van der Waals surface area contributed by atoms with Crippen LogP contribution in [0.2, 0.25) is 0 Å². The molecule has 0 aromatic heterocycles. The number of β-amino-alcohol motifs (C(OH)–C–C–N with tert-alkyl or cyclic N) is 1. The number of amidine groups is 2. The molecular weight excluding hydrogens is 972 g/mol. The van der Waals surface area contributed by atoms with Gasteiger partial charge in [0.15, 0.2) is 17.5 Å². The second-order valence-electron chi connectivity index (χ2n) is 11.3. The standard InChI is InChI=1S/C17H15BrN3O3S.C17H14BrN3O3S.2BrH/c18-13-3-7-14(8-4-13)19-11-17(22,20-9-10-25-16(19)20)12-1-5-15(6-2-12)21(23)24;18-13-3-7-14(8-4-13)20(17-19-9-10-25-17)11-16(22)12-1-5-15(6-2-12)21(23)24;;/h1-8,22H,9-11H2;1-8H,9-11H2;2*1H/q+1;;;/p-1.